The molecule has 1 aromatic heterocycles. The van der Waals surface area contributed by atoms with Crippen LogP contribution in [0.5, 0.6) is 0 Å². The van der Waals surface area contributed by atoms with Gasteiger partial charge in [-0.3, -0.25) is 4.79 Å². The number of nitrogens with two attached hydrogens (primary N) is 1. The number of hydrogen-bond acceptors (Lipinski definition) is 2. The molecule has 2 aromatic rings. The largest absolute Gasteiger partial charge is 0.363 e. The van der Waals surface area contributed by atoms with E-state index in [4.69, 9.17) is 5.73 Å². The van der Waals surface area contributed by atoms with Gasteiger partial charge in [0.05, 0.1) is 5.69 Å². The Balaban J connectivity index is 2.01. The molecule has 5 rings (SSSR count). The first-order valence-electron chi connectivity index (χ1n) is 6.74. The van der Waals surface area contributed by atoms with Gasteiger partial charge in [-0.15, -0.1) is 0 Å². The minimum Gasteiger partial charge on any atom is -0.363 e. The first kappa shape index (κ1) is 11.6. The van der Waals surface area contributed by atoms with E-state index in [1.807, 2.05) is 6.07 Å². The van der Waals surface area contributed by atoms with Crippen molar-refractivity contribution in [3.8, 4) is 11.3 Å². The number of aromatic amines is 1. The fourth-order valence-corrected chi connectivity index (χ4v) is 3.35. The summed E-state index contributed by atoms with van der Waals surface area (Å²) in [4.78, 5) is 18.7. The number of H-pyrrole nitrogens is 1. The topological polar surface area (TPSA) is 71.8 Å². The van der Waals surface area contributed by atoms with Crippen molar-refractivity contribution in [2.75, 3.05) is 0 Å². The molecule has 0 unspecified atom stereocenters. The minimum atomic E-state index is -0.561. The highest BCUT2D eigenvalue weighted by Crippen LogP contribution is 2.54. The Morgan fingerprint density at radius 3 is 2.85 bits per heavy atom. The van der Waals surface area contributed by atoms with Crippen LogP contribution in [-0.4, -0.2) is 15.9 Å². The zero-order valence-corrected chi connectivity index (χ0v) is 11.0. The average molecular weight is 271 g/mol. The van der Waals surface area contributed by atoms with E-state index < -0.39 is 5.91 Å². The van der Waals surface area contributed by atoms with Gasteiger partial charge in [-0.05, 0) is 48.9 Å². The van der Waals surface area contributed by atoms with Gasteiger partial charge in [0.2, 0.25) is 0 Å². The first-order chi connectivity index (χ1) is 9.54. The SMILES string of the molecule is Cc1cc2c(cc1F)C1CC(C1)c1[nH]c(C(N)=O)nc1-2. The van der Waals surface area contributed by atoms with Gasteiger partial charge in [0, 0.05) is 17.2 Å². The maximum Gasteiger partial charge on any atom is 0.284 e. The summed E-state index contributed by atoms with van der Waals surface area (Å²) in [5, 5.41) is 0. The number of primary amides is 1. The van der Waals surface area contributed by atoms with Crippen LogP contribution >= 0.6 is 0 Å². The van der Waals surface area contributed by atoms with E-state index in [2.05, 4.69) is 9.97 Å². The smallest absolute Gasteiger partial charge is 0.284 e. The van der Waals surface area contributed by atoms with Crippen molar-refractivity contribution in [3.05, 3.63) is 40.6 Å². The molecule has 5 heteroatoms. The van der Waals surface area contributed by atoms with Gasteiger partial charge in [-0.25, -0.2) is 9.37 Å². The van der Waals surface area contributed by atoms with E-state index in [-0.39, 0.29) is 11.6 Å². The predicted molar refractivity (Wildman–Crippen MR) is 72.0 cm³/mol. The lowest BCUT2D eigenvalue weighted by atomic mass is 9.71. The van der Waals surface area contributed by atoms with E-state index >= 15 is 0 Å². The van der Waals surface area contributed by atoms with Crippen LogP contribution in [0.3, 0.4) is 0 Å². The van der Waals surface area contributed by atoms with Crippen LogP contribution in [0.1, 0.15) is 52.1 Å². The van der Waals surface area contributed by atoms with Crippen molar-refractivity contribution in [2.24, 2.45) is 5.73 Å². The highest BCUT2D eigenvalue weighted by Gasteiger charge is 2.40. The first-order valence-corrected chi connectivity index (χ1v) is 6.74. The Kier molecular flexibility index (Phi) is 2.14. The summed E-state index contributed by atoms with van der Waals surface area (Å²) in [6, 6.07) is 3.45. The maximum absolute atomic E-state index is 13.8. The van der Waals surface area contributed by atoms with Gasteiger partial charge in [0.15, 0.2) is 5.82 Å². The molecule has 0 aliphatic heterocycles. The van der Waals surface area contributed by atoms with Crippen molar-refractivity contribution in [3.63, 3.8) is 0 Å². The summed E-state index contributed by atoms with van der Waals surface area (Å²) in [5.74, 6) is 0.208. The summed E-state index contributed by atoms with van der Waals surface area (Å²) < 4.78 is 13.8. The van der Waals surface area contributed by atoms with Crippen LogP contribution in [0.15, 0.2) is 12.1 Å². The summed E-state index contributed by atoms with van der Waals surface area (Å²) in [5.41, 5.74) is 9.58. The van der Waals surface area contributed by atoms with Crippen molar-refractivity contribution in [1.29, 1.82) is 0 Å². The van der Waals surface area contributed by atoms with Gasteiger partial charge in [-0.1, -0.05) is 0 Å². The van der Waals surface area contributed by atoms with E-state index in [1.165, 1.54) is 0 Å². The summed E-state index contributed by atoms with van der Waals surface area (Å²) in [6.45, 7) is 1.74. The Morgan fingerprint density at radius 2 is 2.15 bits per heavy atom. The molecule has 1 saturated carbocycles. The fraction of sp³-hybridized carbons (Fsp3) is 0.333. The monoisotopic (exact) mass is 271 g/mol. The number of benzene rings is 1. The molecule has 0 saturated heterocycles. The van der Waals surface area contributed by atoms with Crippen LogP contribution in [0.2, 0.25) is 0 Å². The van der Waals surface area contributed by atoms with Crippen molar-refractivity contribution >= 4 is 5.91 Å². The number of halogens is 1. The second-order valence-corrected chi connectivity index (χ2v) is 5.77. The number of nitrogens with one attached hydrogen (secondary N) is 1. The number of imidazole rings is 1. The molecule has 2 bridgehead atoms. The molecule has 3 aliphatic carbocycles. The Morgan fingerprint density at radius 1 is 1.40 bits per heavy atom. The Labute approximate surface area is 115 Å². The van der Waals surface area contributed by atoms with Crippen molar-refractivity contribution in [1.82, 2.24) is 9.97 Å². The summed E-state index contributed by atoms with van der Waals surface area (Å²) in [7, 11) is 0. The van der Waals surface area contributed by atoms with E-state index in [1.54, 1.807) is 13.0 Å². The predicted octanol–water partition coefficient (Wildman–Crippen LogP) is 2.60. The number of nitrogens with zero attached hydrogens (tertiary/aromatic N) is 1. The number of rotatable bonds is 1. The third kappa shape index (κ3) is 1.40. The van der Waals surface area contributed by atoms with Gasteiger partial charge in [-0.2, -0.15) is 0 Å². The van der Waals surface area contributed by atoms with Crippen LogP contribution in [0.25, 0.3) is 11.3 Å². The van der Waals surface area contributed by atoms with Crippen molar-refractivity contribution in [2.45, 2.75) is 31.6 Å². The molecule has 102 valence electrons. The van der Waals surface area contributed by atoms with Crippen LogP contribution in [-0.2, 0) is 0 Å². The zero-order valence-electron chi connectivity index (χ0n) is 11.0. The number of amides is 1. The van der Waals surface area contributed by atoms with Gasteiger partial charge >= 0.3 is 0 Å². The highest BCUT2D eigenvalue weighted by molar-refractivity contribution is 5.90. The quantitative estimate of drug-likeness (QED) is 0.836. The van der Waals surface area contributed by atoms with Crippen molar-refractivity contribution < 1.29 is 9.18 Å². The highest BCUT2D eigenvalue weighted by atomic mass is 19.1. The minimum absolute atomic E-state index is 0.179. The third-order valence-corrected chi connectivity index (χ3v) is 4.54. The molecule has 1 aromatic carbocycles. The molecule has 0 spiro atoms. The Bertz CT molecular complexity index is 744. The number of aromatic nitrogens is 2. The zero-order chi connectivity index (χ0) is 14.0. The molecule has 4 nitrogen and oxygen atoms in total. The molecule has 1 fully saturated rings. The number of carbonyl (C=O) groups is 1. The molecule has 3 aliphatic rings. The molecule has 20 heavy (non-hydrogen) atoms. The van der Waals surface area contributed by atoms with Crippen LogP contribution in [0, 0.1) is 12.7 Å². The summed E-state index contributed by atoms with van der Waals surface area (Å²) >= 11 is 0. The van der Waals surface area contributed by atoms with E-state index in [0.29, 0.717) is 17.4 Å². The number of aryl methyl sites for hydroxylation is 1. The lowest BCUT2D eigenvalue weighted by Gasteiger charge is -2.33. The molecular formula is C15H14FN3O. The maximum atomic E-state index is 13.8. The molecule has 0 radical (unpaired) electrons. The third-order valence-electron chi connectivity index (χ3n) is 4.54. The standard InChI is InChI=1S/C15H14FN3O/c1-6-2-10-9(5-11(6)16)7-3-8(4-7)12-13(10)19-15(18-12)14(17)20/h2,5,7-8H,3-4H2,1H3,(H2,17,20)(H,18,19). The van der Waals surface area contributed by atoms with Crippen LogP contribution < -0.4 is 5.73 Å². The molecular weight excluding hydrogens is 257 g/mol. The van der Waals surface area contributed by atoms with E-state index in [9.17, 15) is 9.18 Å². The molecule has 1 heterocycles. The van der Waals surface area contributed by atoms with Gasteiger partial charge in [0.25, 0.3) is 5.91 Å². The molecule has 1 amide bonds. The second kappa shape index (κ2) is 3.69. The van der Waals surface area contributed by atoms with Crippen LogP contribution in [0.4, 0.5) is 4.39 Å². The molecule has 0 atom stereocenters. The number of carbonyl (C=O) groups excluding carboxylic acids is 1. The normalized spacial score (nSPS) is 22.5. The van der Waals surface area contributed by atoms with Gasteiger partial charge in [0.1, 0.15) is 5.82 Å². The lowest BCUT2D eigenvalue weighted by Crippen LogP contribution is -2.19. The number of hydrogen-bond donors (Lipinski definition) is 2. The Hall–Kier alpha value is -2.17. The average Bonchev–Trinajstić information content (AvgIpc) is 2.68. The molecule has 3 N–H and O–H groups in total. The second-order valence-electron chi connectivity index (χ2n) is 5.77. The summed E-state index contributed by atoms with van der Waals surface area (Å²) in [6.07, 6.45) is 1.95. The van der Waals surface area contributed by atoms with Gasteiger partial charge < -0.3 is 10.7 Å². The van der Waals surface area contributed by atoms with E-state index in [0.717, 1.165) is 35.4 Å². The lowest BCUT2D eigenvalue weighted by molar-refractivity contribution is 0.0991. The fourth-order valence-electron chi connectivity index (χ4n) is 3.35.